The Labute approximate surface area is 102 Å². The molecule has 94 valence electrons. The number of Topliss-reactive ketones (excluding diaryl/α,β-unsaturated/α-hetero) is 1. The third kappa shape index (κ3) is 2.27. The molecule has 1 saturated carbocycles. The fourth-order valence-corrected chi connectivity index (χ4v) is 2.56. The minimum atomic E-state index is -0.597. The molecule has 1 aromatic heterocycles. The van der Waals surface area contributed by atoms with E-state index in [2.05, 4.69) is 5.10 Å². The zero-order valence-electron chi connectivity index (χ0n) is 10.6. The monoisotopic (exact) mass is 236 g/mol. The second-order valence-electron chi connectivity index (χ2n) is 4.67. The maximum Gasteiger partial charge on any atom is 0.197 e. The van der Waals surface area contributed by atoms with Crippen molar-refractivity contribution >= 4 is 5.78 Å². The van der Waals surface area contributed by atoms with Gasteiger partial charge in [-0.25, -0.2) is 0 Å². The number of rotatable bonds is 4. The first-order valence-electron chi connectivity index (χ1n) is 6.34. The average molecular weight is 236 g/mol. The highest BCUT2D eigenvalue weighted by Crippen LogP contribution is 2.33. The number of hydrogen-bond donors (Lipinski definition) is 0. The van der Waals surface area contributed by atoms with Crippen molar-refractivity contribution < 1.29 is 9.53 Å². The highest BCUT2D eigenvalue weighted by Gasteiger charge is 2.40. The molecule has 0 atom stereocenters. The second kappa shape index (κ2) is 5.00. The molecule has 4 heteroatoms. The first kappa shape index (κ1) is 12.3. The summed E-state index contributed by atoms with van der Waals surface area (Å²) in [5.41, 5.74) is 0.0791. The van der Waals surface area contributed by atoms with Gasteiger partial charge in [0.25, 0.3) is 0 Å². The minimum Gasteiger partial charge on any atom is -0.370 e. The van der Waals surface area contributed by atoms with Crippen molar-refractivity contribution in [1.29, 1.82) is 0 Å². The van der Waals surface area contributed by atoms with Crippen LogP contribution in [-0.4, -0.2) is 28.3 Å². The Morgan fingerprint density at radius 1 is 1.47 bits per heavy atom. The predicted molar refractivity (Wildman–Crippen MR) is 65.1 cm³/mol. The fraction of sp³-hybridized carbons (Fsp3) is 0.692. The van der Waals surface area contributed by atoms with Gasteiger partial charge in [-0.3, -0.25) is 9.48 Å². The van der Waals surface area contributed by atoms with E-state index in [1.807, 2.05) is 13.1 Å². The van der Waals surface area contributed by atoms with Gasteiger partial charge in [-0.05, 0) is 19.8 Å². The number of hydrogen-bond acceptors (Lipinski definition) is 3. The summed E-state index contributed by atoms with van der Waals surface area (Å²) in [6.45, 7) is 2.79. The van der Waals surface area contributed by atoms with Crippen molar-refractivity contribution in [1.82, 2.24) is 9.78 Å². The maximum absolute atomic E-state index is 12.5. The number of ether oxygens (including phenoxy) is 1. The van der Waals surface area contributed by atoms with Crippen molar-refractivity contribution in [2.24, 2.45) is 0 Å². The quantitative estimate of drug-likeness (QED) is 0.754. The lowest BCUT2D eigenvalue weighted by atomic mass is 9.80. The first-order valence-corrected chi connectivity index (χ1v) is 6.34. The topological polar surface area (TPSA) is 44.1 Å². The summed E-state index contributed by atoms with van der Waals surface area (Å²) in [5.74, 6) is 0.0967. The van der Waals surface area contributed by atoms with E-state index >= 15 is 0 Å². The van der Waals surface area contributed by atoms with Gasteiger partial charge in [-0.1, -0.05) is 19.3 Å². The van der Waals surface area contributed by atoms with Crippen LogP contribution >= 0.6 is 0 Å². The summed E-state index contributed by atoms with van der Waals surface area (Å²) in [5, 5.41) is 4.16. The minimum absolute atomic E-state index is 0.0967. The lowest BCUT2D eigenvalue weighted by Gasteiger charge is -2.34. The van der Waals surface area contributed by atoms with Crippen molar-refractivity contribution in [3.63, 3.8) is 0 Å². The van der Waals surface area contributed by atoms with Crippen LogP contribution in [0.2, 0.25) is 0 Å². The predicted octanol–water partition coefficient (Wildman–Crippen LogP) is 2.44. The molecule has 1 heterocycles. The number of aromatic nitrogens is 2. The van der Waals surface area contributed by atoms with E-state index in [0.29, 0.717) is 5.56 Å². The highest BCUT2D eigenvalue weighted by molar-refractivity contribution is 6.02. The third-order valence-electron chi connectivity index (χ3n) is 3.69. The van der Waals surface area contributed by atoms with Crippen molar-refractivity contribution in [2.75, 3.05) is 7.11 Å². The molecule has 0 aliphatic heterocycles. The maximum atomic E-state index is 12.5. The first-order chi connectivity index (χ1) is 8.22. The SMILES string of the molecule is CCn1cc(C(=O)C2(OC)CCCCC2)cn1. The van der Waals surface area contributed by atoms with Crippen molar-refractivity contribution in [3.8, 4) is 0 Å². The lowest BCUT2D eigenvalue weighted by molar-refractivity contribution is -0.0194. The molecule has 17 heavy (non-hydrogen) atoms. The van der Waals surface area contributed by atoms with Crippen LogP contribution in [0.15, 0.2) is 12.4 Å². The van der Waals surface area contributed by atoms with Crippen LogP contribution in [-0.2, 0) is 11.3 Å². The molecule has 0 unspecified atom stereocenters. The van der Waals surface area contributed by atoms with E-state index in [1.54, 1.807) is 18.0 Å². The van der Waals surface area contributed by atoms with Gasteiger partial charge in [0.05, 0.1) is 11.8 Å². The van der Waals surface area contributed by atoms with Crippen LogP contribution in [0.3, 0.4) is 0 Å². The van der Waals surface area contributed by atoms with E-state index in [-0.39, 0.29) is 5.78 Å². The van der Waals surface area contributed by atoms with Gasteiger partial charge in [0.15, 0.2) is 5.78 Å². The van der Waals surface area contributed by atoms with Gasteiger partial charge < -0.3 is 4.74 Å². The van der Waals surface area contributed by atoms with Crippen LogP contribution < -0.4 is 0 Å². The molecule has 0 N–H and O–H groups in total. The Bertz CT molecular complexity index is 392. The molecule has 1 fully saturated rings. The number of aryl methyl sites for hydroxylation is 1. The zero-order valence-corrected chi connectivity index (χ0v) is 10.6. The Kier molecular flexibility index (Phi) is 3.62. The molecule has 1 aromatic rings. The number of ketones is 1. The fourth-order valence-electron chi connectivity index (χ4n) is 2.56. The van der Waals surface area contributed by atoms with Crippen LogP contribution in [0.1, 0.15) is 49.4 Å². The van der Waals surface area contributed by atoms with Gasteiger partial charge in [0.2, 0.25) is 0 Å². The molecule has 4 nitrogen and oxygen atoms in total. The molecule has 1 aliphatic rings. The molecular formula is C13H20N2O2. The molecular weight excluding hydrogens is 216 g/mol. The van der Waals surface area contributed by atoms with E-state index < -0.39 is 5.60 Å². The summed E-state index contributed by atoms with van der Waals surface area (Å²) in [4.78, 5) is 12.5. The van der Waals surface area contributed by atoms with Crippen molar-refractivity contribution in [3.05, 3.63) is 18.0 Å². The molecule has 0 bridgehead atoms. The van der Waals surface area contributed by atoms with E-state index in [4.69, 9.17) is 4.74 Å². The third-order valence-corrected chi connectivity index (χ3v) is 3.69. The normalized spacial score (nSPS) is 19.2. The van der Waals surface area contributed by atoms with Gasteiger partial charge in [-0.2, -0.15) is 5.10 Å². The molecule has 0 saturated heterocycles. The van der Waals surface area contributed by atoms with E-state index in [1.165, 1.54) is 6.42 Å². The summed E-state index contributed by atoms with van der Waals surface area (Å²) >= 11 is 0. The summed E-state index contributed by atoms with van der Waals surface area (Å²) in [7, 11) is 1.65. The summed E-state index contributed by atoms with van der Waals surface area (Å²) < 4.78 is 7.33. The van der Waals surface area contributed by atoms with Crippen LogP contribution in [0.5, 0.6) is 0 Å². The highest BCUT2D eigenvalue weighted by atomic mass is 16.5. The Balaban J connectivity index is 2.21. The van der Waals surface area contributed by atoms with Crippen molar-refractivity contribution in [2.45, 2.75) is 51.2 Å². The van der Waals surface area contributed by atoms with Gasteiger partial charge in [0, 0.05) is 19.9 Å². The van der Waals surface area contributed by atoms with Crippen LogP contribution in [0.25, 0.3) is 0 Å². The van der Waals surface area contributed by atoms with Gasteiger partial charge in [0.1, 0.15) is 5.60 Å². The summed E-state index contributed by atoms with van der Waals surface area (Å²) in [6, 6.07) is 0. The molecule has 0 radical (unpaired) electrons. The van der Waals surface area contributed by atoms with Gasteiger partial charge in [-0.15, -0.1) is 0 Å². The Morgan fingerprint density at radius 3 is 2.71 bits per heavy atom. The molecule has 0 amide bonds. The number of carbonyl (C=O) groups is 1. The molecule has 0 spiro atoms. The molecule has 1 aliphatic carbocycles. The largest absolute Gasteiger partial charge is 0.370 e. The van der Waals surface area contributed by atoms with E-state index in [0.717, 1.165) is 32.2 Å². The molecule has 2 rings (SSSR count). The Hall–Kier alpha value is -1.16. The van der Waals surface area contributed by atoms with Crippen LogP contribution in [0.4, 0.5) is 0 Å². The Morgan fingerprint density at radius 2 is 2.18 bits per heavy atom. The zero-order chi connectivity index (χ0) is 12.3. The van der Waals surface area contributed by atoms with E-state index in [9.17, 15) is 4.79 Å². The van der Waals surface area contributed by atoms with Gasteiger partial charge >= 0.3 is 0 Å². The summed E-state index contributed by atoms with van der Waals surface area (Å²) in [6.07, 6.45) is 8.48. The second-order valence-corrected chi connectivity index (χ2v) is 4.67. The standard InChI is InChI=1S/C13H20N2O2/c1-3-15-10-11(9-14-15)12(16)13(17-2)7-5-4-6-8-13/h9-10H,3-8H2,1-2H3. The number of carbonyl (C=O) groups excluding carboxylic acids is 1. The average Bonchev–Trinajstić information content (AvgIpc) is 2.87. The number of nitrogens with zero attached hydrogens (tertiary/aromatic N) is 2. The lowest BCUT2D eigenvalue weighted by Crippen LogP contribution is -2.42. The molecule has 0 aromatic carbocycles. The number of methoxy groups -OCH3 is 1. The van der Waals surface area contributed by atoms with Crippen LogP contribution in [0, 0.1) is 0 Å². The smallest absolute Gasteiger partial charge is 0.197 e.